The normalized spacial score (nSPS) is 17.5. The van der Waals surface area contributed by atoms with Gasteiger partial charge in [-0.1, -0.05) is 61.5 Å². The van der Waals surface area contributed by atoms with Crippen molar-refractivity contribution in [3.63, 3.8) is 0 Å². The van der Waals surface area contributed by atoms with Crippen LogP contribution in [0.25, 0.3) is 16.5 Å². The number of rotatable bonds is 9. The van der Waals surface area contributed by atoms with Crippen molar-refractivity contribution >= 4 is 28.2 Å². The van der Waals surface area contributed by atoms with E-state index < -0.39 is 17.7 Å². The maximum absolute atomic E-state index is 13.3. The standard InChI is InChI=1S/C28H29NO5/c1-3-16-34-21-12-6-11-20(18-21)25-24(27(31)28(32)29(25)15-8-17-33-2)26(30)23-14-7-10-19-9-4-5-13-22(19)23/h4-7,9-14,18,25,30H,3,8,15-17H2,1-2H3/b26-24-. The van der Waals surface area contributed by atoms with E-state index in [0.29, 0.717) is 43.1 Å². The van der Waals surface area contributed by atoms with Gasteiger partial charge in [0.25, 0.3) is 11.7 Å². The molecule has 1 N–H and O–H groups in total. The molecule has 0 aromatic heterocycles. The Kier molecular flexibility index (Phi) is 7.28. The Labute approximate surface area is 199 Å². The highest BCUT2D eigenvalue weighted by Gasteiger charge is 2.46. The van der Waals surface area contributed by atoms with Gasteiger partial charge in [0.15, 0.2) is 0 Å². The van der Waals surface area contributed by atoms with Crippen LogP contribution >= 0.6 is 0 Å². The number of nitrogens with zero attached hydrogens (tertiary/aromatic N) is 1. The molecule has 0 spiro atoms. The summed E-state index contributed by atoms with van der Waals surface area (Å²) in [5.41, 5.74) is 1.33. The molecule has 1 aliphatic heterocycles. The second kappa shape index (κ2) is 10.5. The molecule has 1 fully saturated rings. The second-order valence-corrected chi connectivity index (χ2v) is 8.29. The Morgan fingerprint density at radius 2 is 1.76 bits per heavy atom. The lowest BCUT2D eigenvalue weighted by molar-refractivity contribution is -0.140. The number of hydrogen-bond donors (Lipinski definition) is 1. The number of benzene rings is 3. The predicted octanol–water partition coefficient (Wildman–Crippen LogP) is 5.09. The first-order valence-corrected chi connectivity index (χ1v) is 11.5. The van der Waals surface area contributed by atoms with Crippen LogP contribution in [0.2, 0.25) is 0 Å². The monoisotopic (exact) mass is 459 g/mol. The van der Waals surface area contributed by atoms with Gasteiger partial charge in [-0.05, 0) is 41.3 Å². The van der Waals surface area contributed by atoms with Gasteiger partial charge >= 0.3 is 0 Å². The summed E-state index contributed by atoms with van der Waals surface area (Å²) in [6.45, 7) is 3.38. The van der Waals surface area contributed by atoms with Crippen LogP contribution in [0.3, 0.4) is 0 Å². The Bertz CT molecular complexity index is 1230. The number of methoxy groups -OCH3 is 1. The molecule has 1 aliphatic rings. The van der Waals surface area contributed by atoms with Crippen LogP contribution < -0.4 is 4.74 Å². The van der Waals surface area contributed by atoms with Gasteiger partial charge in [-0.15, -0.1) is 0 Å². The lowest BCUT2D eigenvalue weighted by Gasteiger charge is -2.25. The van der Waals surface area contributed by atoms with Crippen LogP contribution in [0.1, 0.15) is 36.9 Å². The molecule has 34 heavy (non-hydrogen) atoms. The maximum atomic E-state index is 13.3. The molecule has 176 valence electrons. The molecule has 0 aliphatic carbocycles. The predicted molar refractivity (Wildman–Crippen MR) is 132 cm³/mol. The molecule has 3 aromatic rings. The van der Waals surface area contributed by atoms with E-state index in [1.54, 1.807) is 13.2 Å². The molecule has 1 unspecified atom stereocenters. The maximum Gasteiger partial charge on any atom is 0.295 e. The Morgan fingerprint density at radius 3 is 2.56 bits per heavy atom. The molecule has 1 heterocycles. The van der Waals surface area contributed by atoms with Crippen molar-refractivity contribution in [3.8, 4) is 5.75 Å². The lowest BCUT2D eigenvalue weighted by atomic mass is 9.93. The molecule has 0 bridgehead atoms. The fourth-order valence-corrected chi connectivity index (χ4v) is 4.41. The van der Waals surface area contributed by atoms with Gasteiger partial charge in [0.2, 0.25) is 0 Å². The van der Waals surface area contributed by atoms with Crippen LogP contribution in [-0.4, -0.2) is 48.6 Å². The highest BCUT2D eigenvalue weighted by atomic mass is 16.5. The molecule has 0 saturated carbocycles. The average molecular weight is 460 g/mol. The number of Topliss-reactive ketones (excluding diaryl/α,β-unsaturated/α-hetero) is 1. The van der Waals surface area contributed by atoms with Crippen molar-refractivity contribution in [2.45, 2.75) is 25.8 Å². The summed E-state index contributed by atoms with van der Waals surface area (Å²) in [7, 11) is 1.60. The molecule has 1 amide bonds. The number of likely N-dealkylation sites (tertiary alicyclic amines) is 1. The van der Waals surface area contributed by atoms with Crippen molar-refractivity contribution < 1.29 is 24.2 Å². The van der Waals surface area contributed by atoms with Crippen LogP contribution in [0.15, 0.2) is 72.3 Å². The van der Waals surface area contributed by atoms with Gasteiger partial charge in [-0.25, -0.2) is 0 Å². The first kappa shape index (κ1) is 23.5. The minimum Gasteiger partial charge on any atom is -0.507 e. The third-order valence-electron chi connectivity index (χ3n) is 5.98. The summed E-state index contributed by atoms with van der Waals surface area (Å²) >= 11 is 0. The second-order valence-electron chi connectivity index (χ2n) is 8.29. The number of fused-ring (bicyclic) bond motifs is 1. The summed E-state index contributed by atoms with van der Waals surface area (Å²) in [5, 5.41) is 13.2. The topological polar surface area (TPSA) is 76.1 Å². The highest BCUT2D eigenvalue weighted by molar-refractivity contribution is 6.46. The Hall–Kier alpha value is -3.64. The van der Waals surface area contributed by atoms with Crippen molar-refractivity contribution in [1.82, 2.24) is 4.90 Å². The van der Waals surface area contributed by atoms with Crippen LogP contribution in [0.4, 0.5) is 0 Å². The van der Waals surface area contributed by atoms with Gasteiger partial charge in [-0.2, -0.15) is 0 Å². The number of ketones is 1. The number of aliphatic hydroxyl groups is 1. The first-order valence-electron chi connectivity index (χ1n) is 11.5. The SMILES string of the molecule is CCCOc1cccc(C2/C(=C(/O)c3cccc4ccccc34)C(=O)C(=O)N2CCCOC)c1. The van der Waals surface area contributed by atoms with Crippen molar-refractivity contribution in [3.05, 3.63) is 83.4 Å². The van der Waals surface area contributed by atoms with Gasteiger partial charge in [0, 0.05) is 25.8 Å². The van der Waals surface area contributed by atoms with E-state index in [2.05, 4.69) is 0 Å². The number of aliphatic hydroxyl groups excluding tert-OH is 1. The summed E-state index contributed by atoms with van der Waals surface area (Å²) in [4.78, 5) is 27.9. The summed E-state index contributed by atoms with van der Waals surface area (Å²) in [6, 6.07) is 19.9. The van der Waals surface area contributed by atoms with Crippen LogP contribution in [-0.2, 0) is 14.3 Å². The van der Waals surface area contributed by atoms with Gasteiger partial charge in [-0.3, -0.25) is 9.59 Å². The van der Waals surface area contributed by atoms with Gasteiger partial charge < -0.3 is 19.5 Å². The van der Waals surface area contributed by atoms with E-state index in [1.165, 1.54) is 4.90 Å². The molecule has 1 saturated heterocycles. The number of ether oxygens (including phenoxy) is 2. The summed E-state index contributed by atoms with van der Waals surface area (Å²) < 4.78 is 10.9. The van der Waals surface area contributed by atoms with Gasteiger partial charge in [0.1, 0.15) is 11.5 Å². The quantitative estimate of drug-likeness (QED) is 0.209. The first-order chi connectivity index (χ1) is 16.6. The summed E-state index contributed by atoms with van der Waals surface area (Å²) in [6.07, 6.45) is 1.43. The molecule has 3 aromatic carbocycles. The minimum absolute atomic E-state index is 0.0893. The van der Waals surface area contributed by atoms with Crippen molar-refractivity contribution in [2.24, 2.45) is 0 Å². The van der Waals surface area contributed by atoms with E-state index in [0.717, 1.165) is 17.2 Å². The fourth-order valence-electron chi connectivity index (χ4n) is 4.41. The molecule has 6 heteroatoms. The minimum atomic E-state index is -0.721. The zero-order valence-corrected chi connectivity index (χ0v) is 19.5. The average Bonchev–Trinajstić information content (AvgIpc) is 3.12. The molecule has 6 nitrogen and oxygen atoms in total. The van der Waals surface area contributed by atoms with E-state index in [9.17, 15) is 14.7 Å². The molecule has 0 radical (unpaired) electrons. The van der Waals surface area contributed by atoms with E-state index in [1.807, 2.05) is 67.6 Å². The zero-order chi connectivity index (χ0) is 24.1. The number of carbonyl (C=O) groups excluding carboxylic acids is 2. The number of carbonyl (C=O) groups is 2. The van der Waals surface area contributed by atoms with Gasteiger partial charge in [0.05, 0.1) is 18.2 Å². The zero-order valence-electron chi connectivity index (χ0n) is 19.5. The largest absolute Gasteiger partial charge is 0.507 e. The van der Waals surface area contributed by atoms with Crippen molar-refractivity contribution in [2.75, 3.05) is 26.9 Å². The van der Waals surface area contributed by atoms with Crippen LogP contribution in [0.5, 0.6) is 5.75 Å². The fraction of sp³-hybridized carbons (Fsp3) is 0.286. The molecule has 4 rings (SSSR count). The third kappa shape index (κ3) is 4.54. The smallest absolute Gasteiger partial charge is 0.295 e. The summed E-state index contributed by atoms with van der Waals surface area (Å²) in [5.74, 6) is -0.822. The third-order valence-corrected chi connectivity index (χ3v) is 5.98. The Morgan fingerprint density at radius 1 is 1.00 bits per heavy atom. The van der Waals surface area contributed by atoms with Crippen molar-refractivity contribution in [1.29, 1.82) is 0 Å². The lowest BCUT2D eigenvalue weighted by Crippen LogP contribution is -2.31. The van der Waals surface area contributed by atoms with E-state index >= 15 is 0 Å². The molecular weight excluding hydrogens is 430 g/mol. The molecule has 1 atom stereocenters. The highest BCUT2D eigenvalue weighted by Crippen LogP contribution is 2.41. The van der Waals surface area contributed by atoms with E-state index in [4.69, 9.17) is 9.47 Å². The molecular formula is C28H29NO5. The van der Waals surface area contributed by atoms with E-state index in [-0.39, 0.29) is 11.3 Å². The number of amides is 1. The van der Waals surface area contributed by atoms with Crippen LogP contribution in [0, 0.1) is 0 Å². The Balaban J connectivity index is 1.86. The number of hydrogen-bond acceptors (Lipinski definition) is 5.